The number of rotatable bonds is 3. The predicted molar refractivity (Wildman–Crippen MR) is 61.0 cm³/mol. The van der Waals surface area contributed by atoms with Gasteiger partial charge in [-0.1, -0.05) is 0 Å². The first-order valence-electron chi connectivity index (χ1n) is 5.50. The van der Waals surface area contributed by atoms with Gasteiger partial charge in [0.2, 0.25) is 5.75 Å². The van der Waals surface area contributed by atoms with Gasteiger partial charge in [-0.05, 0) is 49.5 Å². The topological polar surface area (TPSA) is 61.7 Å². The van der Waals surface area contributed by atoms with Crippen LogP contribution in [0.4, 0.5) is 0 Å². The Hall–Kier alpha value is -1.42. The smallest absolute Gasteiger partial charge is 0.200 e. The minimum absolute atomic E-state index is 0.111. The molecule has 0 aromatic heterocycles. The van der Waals surface area contributed by atoms with Crippen LogP contribution in [0.5, 0.6) is 17.2 Å². The number of nitrogens with one attached hydrogen (secondary N) is 1. The summed E-state index contributed by atoms with van der Waals surface area (Å²) in [5.41, 5.74) is 1.00. The summed E-state index contributed by atoms with van der Waals surface area (Å²) in [4.78, 5) is 0. The molecular formula is C12H17NO3. The zero-order valence-electron chi connectivity index (χ0n) is 9.36. The summed E-state index contributed by atoms with van der Waals surface area (Å²) < 4.78 is 5.01. The minimum atomic E-state index is -0.184. The number of phenols is 2. The van der Waals surface area contributed by atoms with E-state index in [-0.39, 0.29) is 11.5 Å². The Kier molecular flexibility index (Phi) is 3.19. The predicted octanol–water partition coefficient (Wildman–Crippen LogP) is 1.26. The number of methoxy groups -OCH3 is 1. The average molecular weight is 223 g/mol. The minimum Gasteiger partial charge on any atom is -0.504 e. The Morgan fingerprint density at radius 3 is 2.88 bits per heavy atom. The van der Waals surface area contributed by atoms with E-state index in [2.05, 4.69) is 5.32 Å². The van der Waals surface area contributed by atoms with Gasteiger partial charge in [-0.2, -0.15) is 0 Å². The van der Waals surface area contributed by atoms with Crippen LogP contribution in [0.1, 0.15) is 12.0 Å². The van der Waals surface area contributed by atoms with Crippen molar-refractivity contribution in [2.45, 2.75) is 12.8 Å². The van der Waals surface area contributed by atoms with Crippen LogP contribution in [0.15, 0.2) is 12.1 Å². The fourth-order valence-electron chi connectivity index (χ4n) is 2.14. The highest BCUT2D eigenvalue weighted by atomic mass is 16.5. The Labute approximate surface area is 94.9 Å². The van der Waals surface area contributed by atoms with Crippen LogP contribution in [-0.4, -0.2) is 30.4 Å². The first-order chi connectivity index (χ1) is 7.70. The van der Waals surface area contributed by atoms with Crippen molar-refractivity contribution < 1.29 is 14.9 Å². The Morgan fingerprint density at radius 2 is 2.25 bits per heavy atom. The molecule has 3 N–H and O–H groups in total. The molecule has 0 bridgehead atoms. The van der Waals surface area contributed by atoms with Gasteiger partial charge in [0.05, 0.1) is 7.11 Å². The second kappa shape index (κ2) is 4.61. The first-order valence-corrected chi connectivity index (χ1v) is 5.50. The second-order valence-corrected chi connectivity index (χ2v) is 4.23. The van der Waals surface area contributed by atoms with Gasteiger partial charge in [0.15, 0.2) is 11.5 Å². The van der Waals surface area contributed by atoms with Gasteiger partial charge >= 0.3 is 0 Å². The van der Waals surface area contributed by atoms with Crippen LogP contribution < -0.4 is 10.1 Å². The maximum Gasteiger partial charge on any atom is 0.200 e. The van der Waals surface area contributed by atoms with Crippen molar-refractivity contribution in [2.24, 2.45) is 5.92 Å². The molecule has 0 amide bonds. The summed E-state index contributed by atoms with van der Waals surface area (Å²) in [6.45, 7) is 2.08. The summed E-state index contributed by atoms with van der Waals surface area (Å²) in [6, 6.07) is 3.39. The highest BCUT2D eigenvalue weighted by Gasteiger charge is 2.17. The average Bonchev–Trinajstić information content (AvgIpc) is 2.76. The molecule has 4 nitrogen and oxygen atoms in total. The molecule has 16 heavy (non-hydrogen) atoms. The molecule has 1 aliphatic rings. The quantitative estimate of drug-likeness (QED) is 0.675. The van der Waals surface area contributed by atoms with E-state index in [0.717, 1.165) is 31.5 Å². The van der Waals surface area contributed by atoms with E-state index in [9.17, 15) is 10.2 Å². The van der Waals surface area contributed by atoms with Gasteiger partial charge in [-0.15, -0.1) is 0 Å². The van der Waals surface area contributed by atoms with Gasteiger partial charge in [0.1, 0.15) is 0 Å². The van der Waals surface area contributed by atoms with Crippen LogP contribution in [-0.2, 0) is 6.42 Å². The number of ether oxygens (including phenoxy) is 1. The summed E-state index contributed by atoms with van der Waals surface area (Å²) in [5.74, 6) is 0.644. The fourth-order valence-corrected chi connectivity index (χ4v) is 2.14. The molecule has 2 rings (SSSR count). The molecular weight excluding hydrogens is 206 g/mol. The maximum atomic E-state index is 9.54. The number of benzene rings is 1. The molecule has 0 saturated carbocycles. The lowest BCUT2D eigenvalue weighted by molar-refractivity contribution is 0.350. The SMILES string of the molecule is COc1cc(CC2CCNC2)cc(O)c1O. The number of aromatic hydroxyl groups is 2. The van der Waals surface area contributed by atoms with Gasteiger partial charge in [-0.25, -0.2) is 0 Å². The van der Waals surface area contributed by atoms with Gasteiger partial charge in [-0.3, -0.25) is 0 Å². The van der Waals surface area contributed by atoms with E-state index in [0.29, 0.717) is 11.7 Å². The fraction of sp³-hybridized carbons (Fsp3) is 0.500. The molecule has 0 spiro atoms. The summed E-state index contributed by atoms with van der Waals surface area (Å²) in [5, 5.41) is 22.3. The first kappa shape index (κ1) is 11.1. The van der Waals surface area contributed by atoms with E-state index in [1.807, 2.05) is 0 Å². The highest BCUT2D eigenvalue weighted by Crippen LogP contribution is 2.37. The standard InChI is InChI=1S/C12H17NO3/c1-16-11-6-9(5-10(14)12(11)15)4-8-2-3-13-7-8/h5-6,8,13-15H,2-4,7H2,1H3. The third-order valence-electron chi connectivity index (χ3n) is 3.02. The van der Waals surface area contributed by atoms with Crippen molar-refractivity contribution in [1.29, 1.82) is 0 Å². The van der Waals surface area contributed by atoms with Crippen LogP contribution in [0.2, 0.25) is 0 Å². The lowest BCUT2D eigenvalue weighted by atomic mass is 9.98. The van der Waals surface area contributed by atoms with Crippen molar-refractivity contribution in [3.8, 4) is 17.2 Å². The van der Waals surface area contributed by atoms with Crippen LogP contribution in [0.25, 0.3) is 0 Å². The van der Waals surface area contributed by atoms with Gasteiger partial charge in [0.25, 0.3) is 0 Å². The normalized spacial score (nSPS) is 19.9. The van der Waals surface area contributed by atoms with E-state index in [4.69, 9.17) is 4.74 Å². The molecule has 1 unspecified atom stereocenters. The Balaban J connectivity index is 2.17. The largest absolute Gasteiger partial charge is 0.504 e. The molecule has 1 aromatic rings. The molecule has 1 atom stereocenters. The van der Waals surface area contributed by atoms with Crippen molar-refractivity contribution in [1.82, 2.24) is 5.32 Å². The highest BCUT2D eigenvalue weighted by molar-refractivity contribution is 5.52. The third kappa shape index (κ3) is 2.22. The molecule has 0 aliphatic carbocycles. The lowest BCUT2D eigenvalue weighted by Crippen LogP contribution is -2.10. The molecule has 1 fully saturated rings. The Bertz CT molecular complexity index is 373. The zero-order valence-corrected chi connectivity index (χ0v) is 9.36. The molecule has 0 radical (unpaired) electrons. The third-order valence-corrected chi connectivity index (χ3v) is 3.02. The van der Waals surface area contributed by atoms with Crippen molar-refractivity contribution in [3.63, 3.8) is 0 Å². The summed E-state index contributed by atoms with van der Waals surface area (Å²) in [6.07, 6.45) is 2.06. The molecule has 1 aromatic carbocycles. The maximum absolute atomic E-state index is 9.54. The summed E-state index contributed by atoms with van der Waals surface area (Å²) in [7, 11) is 1.48. The molecule has 1 heterocycles. The van der Waals surface area contributed by atoms with Crippen LogP contribution >= 0.6 is 0 Å². The lowest BCUT2D eigenvalue weighted by Gasteiger charge is -2.11. The van der Waals surface area contributed by atoms with E-state index in [1.54, 1.807) is 12.1 Å². The van der Waals surface area contributed by atoms with E-state index >= 15 is 0 Å². The summed E-state index contributed by atoms with van der Waals surface area (Å²) >= 11 is 0. The van der Waals surface area contributed by atoms with Crippen molar-refractivity contribution >= 4 is 0 Å². The van der Waals surface area contributed by atoms with Gasteiger partial charge in [0, 0.05) is 0 Å². The van der Waals surface area contributed by atoms with E-state index < -0.39 is 0 Å². The zero-order chi connectivity index (χ0) is 11.5. The number of phenolic OH excluding ortho intramolecular Hbond substituents is 2. The molecule has 4 heteroatoms. The number of hydrogen-bond donors (Lipinski definition) is 3. The van der Waals surface area contributed by atoms with Crippen molar-refractivity contribution in [2.75, 3.05) is 20.2 Å². The van der Waals surface area contributed by atoms with Gasteiger partial charge < -0.3 is 20.3 Å². The monoisotopic (exact) mass is 223 g/mol. The number of hydrogen-bond acceptors (Lipinski definition) is 4. The molecule has 1 aliphatic heterocycles. The molecule has 88 valence electrons. The van der Waals surface area contributed by atoms with E-state index in [1.165, 1.54) is 7.11 Å². The van der Waals surface area contributed by atoms with Crippen LogP contribution in [0.3, 0.4) is 0 Å². The van der Waals surface area contributed by atoms with Crippen LogP contribution in [0, 0.1) is 5.92 Å². The Morgan fingerprint density at radius 1 is 1.44 bits per heavy atom. The molecule has 1 saturated heterocycles. The second-order valence-electron chi connectivity index (χ2n) is 4.23. The van der Waals surface area contributed by atoms with Crippen molar-refractivity contribution in [3.05, 3.63) is 17.7 Å².